The van der Waals surface area contributed by atoms with Crippen LogP contribution in [0.1, 0.15) is 43.9 Å². The van der Waals surface area contributed by atoms with Gasteiger partial charge in [0.15, 0.2) is 0 Å². The van der Waals surface area contributed by atoms with Crippen LogP contribution in [0.15, 0.2) is 0 Å². The third-order valence-corrected chi connectivity index (χ3v) is 2.37. The van der Waals surface area contributed by atoms with Crippen molar-refractivity contribution in [3.05, 3.63) is 17.2 Å². The smallest absolute Gasteiger partial charge is 0.127 e. The van der Waals surface area contributed by atoms with Crippen molar-refractivity contribution in [2.45, 2.75) is 46.5 Å². The standard InChI is InChI=1S/C10H19N3/c1-4-6-7-10-12-8(3)9(5-2)13(10)11/h4-7,11H2,1-3H3. The number of unbranched alkanes of at least 4 members (excludes halogenated alkanes) is 1. The molecule has 0 saturated carbocycles. The molecular weight excluding hydrogens is 162 g/mol. The molecule has 1 rings (SSSR count). The lowest BCUT2D eigenvalue weighted by Crippen LogP contribution is -2.15. The Morgan fingerprint density at radius 1 is 1.38 bits per heavy atom. The van der Waals surface area contributed by atoms with Gasteiger partial charge in [-0.2, -0.15) is 0 Å². The number of nitrogen functional groups attached to an aromatic ring is 1. The lowest BCUT2D eigenvalue weighted by molar-refractivity contribution is 0.718. The Kier molecular flexibility index (Phi) is 3.34. The van der Waals surface area contributed by atoms with Crippen molar-refractivity contribution in [2.75, 3.05) is 5.84 Å². The molecule has 1 heterocycles. The van der Waals surface area contributed by atoms with Crippen LogP contribution in [-0.2, 0) is 12.8 Å². The fraction of sp³-hybridized carbons (Fsp3) is 0.700. The fourth-order valence-electron chi connectivity index (χ4n) is 1.58. The maximum atomic E-state index is 5.91. The highest BCUT2D eigenvalue weighted by Gasteiger charge is 2.09. The maximum absolute atomic E-state index is 5.91. The fourth-order valence-corrected chi connectivity index (χ4v) is 1.58. The van der Waals surface area contributed by atoms with E-state index in [9.17, 15) is 0 Å². The average molecular weight is 181 g/mol. The van der Waals surface area contributed by atoms with Crippen LogP contribution in [0, 0.1) is 6.92 Å². The summed E-state index contributed by atoms with van der Waals surface area (Å²) < 4.78 is 1.75. The van der Waals surface area contributed by atoms with Crippen molar-refractivity contribution >= 4 is 0 Å². The topological polar surface area (TPSA) is 43.8 Å². The second-order valence-electron chi connectivity index (χ2n) is 3.39. The van der Waals surface area contributed by atoms with Crippen LogP contribution < -0.4 is 5.84 Å². The summed E-state index contributed by atoms with van der Waals surface area (Å²) in [4.78, 5) is 4.46. The first-order valence-corrected chi connectivity index (χ1v) is 5.02. The van der Waals surface area contributed by atoms with Gasteiger partial charge < -0.3 is 5.84 Å². The molecule has 1 aromatic rings. The van der Waals surface area contributed by atoms with Gasteiger partial charge in [-0.05, 0) is 19.8 Å². The normalized spacial score (nSPS) is 10.7. The first kappa shape index (κ1) is 10.1. The molecule has 3 nitrogen and oxygen atoms in total. The third-order valence-electron chi connectivity index (χ3n) is 2.37. The molecule has 74 valence electrons. The van der Waals surface area contributed by atoms with E-state index >= 15 is 0 Å². The predicted molar refractivity (Wildman–Crippen MR) is 55.1 cm³/mol. The van der Waals surface area contributed by atoms with E-state index in [1.807, 2.05) is 6.92 Å². The van der Waals surface area contributed by atoms with Gasteiger partial charge in [-0.15, -0.1) is 0 Å². The predicted octanol–water partition coefficient (Wildman–Crippen LogP) is 1.81. The van der Waals surface area contributed by atoms with Crippen LogP contribution in [0.2, 0.25) is 0 Å². The monoisotopic (exact) mass is 181 g/mol. The molecule has 13 heavy (non-hydrogen) atoms. The Hall–Kier alpha value is -0.990. The Morgan fingerprint density at radius 3 is 2.54 bits per heavy atom. The molecule has 2 N–H and O–H groups in total. The van der Waals surface area contributed by atoms with Gasteiger partial charge in [0.2, 0.25) is 0 Å². The minimum atomic E-state index is 0.960. The number of hydrogen-bond acceptors (Lipinski definition) is 2. The van der Waals surface area contributed by atoms with Gasteiger partial charge in [-0.3, -0.25) is 4.68 Å². The second kappa shape index (κ2) is 4.30. The van der Waals surface area contributed by atoms with Gasteiger partial charge in [0, 0.05) is 6.42 Å². The van der Waals surface area contributed by atoms with Gasteiger partial charge in [0.05, 0.1) is 11.4 Å². The van der Waals surface area contributed by atoms with E-state index in [2.05, 4.69) is 18.8 Å². The highest BCUT2D eigenvalue weighted by atomic mass is 15.3. The molecule has 0 fully saturated rings. The molecule has 1 aromatic heterocycles. The largest absolute Gasteiger partial charge is 0.338 e. The van der Waals surface area contributed by atoms with Gasteiger partial charge in [-0.25, -0.2) is 4.98 Å². The summed E-state index contributed by atoms with van der Waals surface area (Å²) in [6, 6.07) is 0. The number of imidazole rings is 1. The molecule has 0 aliphatic carbocycles. The van der Waals surface area contributed by atoms with Crippen molar-refractivity contribution in [1.29, 1.82) is 0 Å². The third kappa shape index (κ3) is 2.02. The zero-order valence-corrected chi connectivity index (χ0v) is 8.80. The summed E-state index contributed by atoms with van der Waals surface area (Å²) >= 11 is 0. The Labute approximate surface area is 79.9 Å². The molecule has 0 aliphatic heterocycles. The average Bonchev–Trinajstić information content (AvgIpc) is 2.38. The minimum Gasteiger partial charge on any atom is -0.338 e. The van der Waals surface area contributed by atoms with E-state index < -0.39 is 0 Å². The van der Waals surface area contributed by atoms with E-state index in [0.717, 1.165) is 36.5 Å². The zero-order chi connectivity index (χ0) is 9.84. The summed E-state index contributed by atoms with van der Waals surface area (Å²) in [6.07, 6.45) is 4.31. The number of aryl methyl sites for hydroxylation is 2. The van der Waals surface area contributed by atoms with Crippen LogP contribution in [0.3, 0.4) is 0 Å². The SMILES string of the molecule is CCCCc1nc(C)c(CC)n1N. The second-order valence-corrected chi connectivity index (χ2v) is 3.39. The quantitative estimate of drug-likeness (QED) is 0.720. The van der Waals surface area contributed by atoms with Crippen LogP contribution in [0.4, 0.5) is 0 Å². The first-order chi connectivity index (χ1) is 6.20. The number of nitrogens with zero attached hydrogens (tertiary/aromatic N) is 2. The molecule has 0 amide bonds. The first-order valence-electron chi connectivity index (χ1n) is 5.02. The van der Waals surface area contributed by atoms with Crippen molar-refractivity contribution in [1.82, 2.24) is 9.66 Å². The highest BCUT2D eigenvalue weighted by Crippen LogP contribution is 2.10. The van der Waals surface area contributed by atoms with Gasteiger partial charge in [0.1, 0.15) is 5.82 Å². The molecule has 0 unspecified atom stereocenters. The van der Waals surface area contributed by atoms with Crippen LogP contribution in [-0.4, -0.2) is 9.66 Å². The van der Waals surface area contributed by atoms with Crippen LogP contribution in [0.5, 0.6) is 0 Å². The van der Waals surface area contributed by atoms with Crippen LogP contribution >= 0.6 is 0 Å². The molecule has 0 aliphatic rings. The summed E-state index contributed by atoms with van der Waals surface area (Å²) in [5.74, 6) is 6.93. The molecule has 0 radical (unpaired) electrons. The Balaban J connectivity index is 2.83. The van der Waals surface area contributed by atoms with Crippen LogP contribution in [0.25, 0.3) is 0 Å². The molecule has 0 spiro atoms. The van der Waals surface area contributed by atoms with Gasteiger partial charge >= 0.3 is 0 Å². The van der Waals surface area contributed by atoms with Gasteiger partial charge in [0.25, 0.3) is 0 Å². The highest BCUT2D eigenvalue weighted by molar-refractivity contribution is 5.16. The number of aromatic nitrogens is 2. The van der Waals surface area contributed by atoms with Crippen molar-refractivity contribution in [2.24, 2.45) is 0 Å². The summed E-state index contributed by atoms with van der Waals surface area (Å²) in [5, 5.41) is 0. The molecule has 0 saturated heterocycles. The lowest BCUT2D eigenvalue weighted by atomic mass is 10.2. The molecule has 0 atom stereocenters. The van der Waals surface area contributed by atoms with E-state index in [0.29, 0.717) is 0 Å². The Bertz CT molecular complexity index is 276. The number of rotatable bonds is 4. The van der Waals surface area contributed by atoms with Gasteiger partial charge in [-0.1, -0.05) is 20.3 Å². The molecule has 0 bridgehead atoms. The van der Waals surface area contributed by atoms with Crippen molar-refractivity contribution < 1.29 is 0 Å². The summed E-state index contributed by atoms with van der Waals surface area (Å²) in [5.41, 5.74) is 2.24. The molecule has 3 heteroatoms. The summed E-state index contributed by atoms with van der Waals surface area (Å²) in [7, 11) is 0. The molecular formula is C10H19N3. The number of nitrogens with two attached hydrogens (primary N) is 1. The molecule has 0 aromatic carbocycles. The maximum Gasteiger partial charge on any atom is 0.127 e. The summed E-state index contributed by atoms with van der Waals surface area (Å²) in [6.45, 7) is 6.31. The van der Waals surface area contributed by atoms with E-state index in [-0.39, 0.29) is 0 Å². The number of hydrogen-bond donors (Lipinski definition) is 1. The van der Waals surface area contributed by atoms with Crippen molar-refractivity contribution in [3.8, 4) is 0 Å². The lowest BCUT2D eigenvalue weighted by Gasteiger charge is -2.03. The minimum absolute atomic E-state index is 0.960. The van der Waals surface area contributed by atoms with E-state index in [4.69, 9.17) is 5.84 Å². The van der Waals surface area contributed by atoms with E-state index in [1.54, 1.807) is 4.68 Å². The van der Waals surface area contributed by atoms with Crippen molar-refractivity contribution in [3.63, 3.8) is 0 Å². The van der Waals surface area contributed by atoms with E-state index in [1.165, 1.54) is 6.42 Å². The Morgan fingerprint density at radius 2 is 2.08 bits per heavy atom. The zero-order valence-electron chi connectivity index (χ0n) is 8.80.